The van der Waals surface area contributed by atoms with Crippen LogP contribution in [0, 0.1) is 0 Å². The fourth-order valence-electron chi connectivity index (χ4n) is 3.85. The van der Waals surface area contributed by atoms with E-state index in [9.17, 15) is 4.79 Å². The quantitative estimate of drug-likeness (QED) is 0.601. The molecule has 1 N–H and O–H groups in total. The van der Waals surface area contributed by atoms with E-state index in [1.165, 1.54) is 5.56 Å². The van der Waals surface area contributed by atoms with E-state index in [1.54, 1.807) is 6.08 Å². The van der Waals surface area contributed by atoms with Crippen LogP contribution >= 0.6 is 0 Å². The highest BCUT2D eigenvalue weighted by molar-refractivity contribution is 5.96. The fraction of sp³-hybridized carbons (Fsp3) is 0.320. The number of ether oxygens (including phenoxy) is 1. The second-order valence-corrected chi connectivity index (χ2v) is 7.50. The Kier molecular flexibility index (Phi) is 6.62. The molecule has 5 nitrogen and oxygen atoms in total. The molecule has 1 aromatic heterocycles. The van der Waals surface area contributed by atoms with Crippen LogP contribution in [0.3, 0.4) is 0 Å². The smallest absolute Gasteiger partial charge is 0.244 e. The van der Waals surface area contributed by atoms with Gasteiger partial charge in [0, 0.05) is 49.6 Å². The molecular weight excluding hydrogens is 376 g/mol. The number of amides is 1. The molecule has 0 unspecified atom stereocenters. The number of hydrogen-bond acceptors (Lipinski definition) is 4. The van der Waals surface area contributed by atoms with E-state index in [0.29, 0.717) is 6.54 Å². The largest absolute Gasteiger partial charge is 0.460 e. The molecule has 1 amide bonds. The van der Waals surface area contributed by atoms with E-state index < -0.39 is 0 Å². The molecule has 156 valence electrons. The predicted molar refractivity (Wildman–Crippen MR) is 119 cm³/mol. The molecule has 1 aliphatic heterocycles. The molecule has 30 heavy (non-hydrogen) atoms. The van der Waals surface area contributed by atoms with Crippen LogP contribution in [-0.4, -0.2) is 37.1 Å². The van der Waals surface area contributed by atoms with Crippen molar-refractivity contribution >= 4 is 23.0 Å². The van der Waals surface area contributed by atoms with E-state index in [4.69, 9.17) is 9.15 Å². The summed E-state index contributed by atoms with van der Waals surface area (Å²) in [5, 5.41) is 4.06. The molecule has 3 aromatic rings. The van der Waals surface area contributed by atoms with Crippen molar-refractivity contribution in [2.24, 2.45) is 0 Å². The molecule has 2 aromatic carbocycles. The number of aryl methyl sites for hydroxylation is 1. The third-order valence-corrected chi connectivity index (χ3v) is 5.50. The molecule has 4 rings (SSSR count). The number of para-hydroxylation sites is 1. The van der Waals surface area contributed by atoms with Crippen molar-refractivity contribution in [3.63, 3.8) is 0 Å². The van der Waals surface area contributed by atoms with Gasteiger partial charge < -0.3 is 14.5 Å². The molecule has 0 atom stereocenters. The SMILES string of the molecule is CCc1oc2ccccc2c1/C=C/C(=O)NCc1ccccc1CN1CCOCC1. The lowest BCUT2D eigenvalue weighted by atomic mass is 10.1. The Bertz CT molecular complexity index is 1030. The topological polar surface area (TPSA) is 54.7 Å². The number of furan rings is 1. The molecule has 0 saturated carbocycles. The predicted octanol–water partition coefficient (Wildman–Crippen LogP) is 4.16. The molecule has 1 aliphatic rings. The van der Waals surface area contributed by atoms with Gasteiger partial charge in [0.1, 0.15) is 11.3 Å². The van der Waals surface area contributed by atoms with Crippen molar-refractivity contribution in [2.75, 3.05) is 26.3 Å². The van der Waals surface area contributed by atoms with Crippen LogP contribution < -0.4 is 5.32 Å². The molecule has 1 fully saturated rings. The minimum atomic E-state index is -0.108. The zero-order valence-corrected chi connectivity index (χ0v) is 17.4. The Morgan fingerprint density at radius 2 is 1.80 bits per heavy atom. The van der Waals surface area contributed by atoms with Crippen molar-refractivity contribution in [3.05, 3.63) is 77.1 Å². The van der Waals surface area contributed by atoms with Gasteiger partial charge in [0.25, 0.3) is 0 Å². The van der Waals surface area contributed by atoms with Crippen LogP contribution in [0.1, 0.15) is 29.4 Å². The summed E-state index contributed by atoms with van der Waals surface area (Å²) in [7, 11) is 0. The number of nitrogens with zero attached hydrogens (tertiary/aromatic N) is 1. The minimum absolute atomic E-state index is 0.108. The summed E-state index contributed by atoms with van der Waals surface area (Å²) in [5.41, 5.74) is 4.23. The van der Waals surface area contributed by atoms with Crippen LogP contribution in [-0.2, 0) is 29.0 Å². The lowest BCUT2D eigenvalue weighted by Gasteiger charge is -2.27. The first-order valence-electron chi connectivity index (χ1n) is 10.6. The Labute approximate surface area is 177 Å². The maximum absolute atomic E-state index is 12.5. The number of carbonyl (C=O) groups is 1. The number of rotatable bonds is 7. The van der Waals surface area contributed by atoms with Gasteiger partial charge in [-0.3, -0.25) is 9.69 Å². The molecule has 1 saturated heterocycles. The average molecular weight is 405 g/mol. The first-order valence-corrected chi connectivity index (χ1v) is 10.6. The highest BCUT2D eigenvalue weighted by Gasteiger charge is 2.13. The summed E-state index contributed by atoms with van der Waals surface area (Å²) in [5.74, 6) is 0.791. The van der Waals surface area contributed by atoms with E-state index in [0.717, 1.165) is 67.1 Å². The van der Waals surface area contributed by atoms with Gasteiger partial charge in [-0.1, -0.05) is 49.4 Å². The van der Waals surface area contributed by atoms with Crippen molar-refractivity contribution in [3.8, 4) is 0 Å². The Morgan fingerprint density at radius 1 is 1.07 bits per heavy atom. The summed E-state index contributed by atoms with van der Waals surface area (Å²) in [4.78, 5) is 14.9. The van der Waals surface area contributed by atoms with Crippen molar-refractivity contribution in [1.82, 2.24) is 10.2 Å². The molecule has 0 bridgehead atoms. The number of nitrogens with one attached hydrogen (secondary N) is 1. The summed E-state index contributed by atoms with van der Waals surface area (Å²) in [6, 6.07) is 16.2. The van der Waals surface area contributed by atoms with Gasteiger partial charge in [-0.2, -0.15) is 0 Å². The molecular formula is C25H28N2O3. The molecule has 5 heteroatoms. The number of benzene rings is 2. The summed E-state index contributed by atoms with van der Waals surface area (Å²) in [6.45, 7) is 6.91. The molecule has 0 spiro atoms. The highest BCUT2D eigenvalue weighted by Crippen LogP contribution is 2.27. The fourth-order valence-corrected chi connectivity index (χ4v) is 3.85. The van der Waals surface area contributed by atoms with Gasteiger partial charge in [-0.25, -0.2) is 0 Å². The third kappa shape index (κ3) is 4.81. The van der Waals surface area contributed by atoms with Crippen molar-refractivity contribution < 1.29 is 13.9 Å². The normalized spacial score (nSPS) is 15.1. The first kappa shape index (κ1) is 20.4. The average Bonchev–Trinajstić information content (AvgIpc) is 3.15. The molecule has 0 radical (unpaired) electrons. The summed E-state index contributed by atoms with van der Waals surface area (Å²) >= 11 is 0. The summed E-state index contributed by atoms with van der Waals surface area (Å²) in [6.07, 6.45) is 4.24. The van der Waals surface area contributed by atoms with Crippen LogP contribution in [0.4, 0.5) is 0 Å². The Morgan fingerprint density at radius 3 is 2.60 bits per heavy atom. The van der Waals surface area contributed by atoms with E-state index in [1.807, 2.05) is 36.4 Å². The van der Waals surface area contributed by atoms with Gasteiger partial charge in [0.05, 0.1) is 13.2 Å². The van der Waals surface area contributed by atoms with E-state index in [2.05, 4.69) is 35.3 Å². The standard InChI is InChI=1S/C25H28N2O3/c1-2-23-22(21-9-5-6-10-24(21)30-23)11-12-25(28)26-17-19-7-3-4-8-20(19)18-27-13-15-29-16-14-27/h3-12H,2,13-18H2,1H3,(H,26,28)/b12-11+. The lowest BCUT2D eigenvalue weighted by molar-refractivity contribution is -0.116. The maximum Gasteiger partial charge on any atom is 0.244 e. The minimum Gasteiger partial charge on any atom is -0.460 e. The van der Waals surface area contributed by atoms with Gasteiger partial charge >= 0.3 is 0 Å². The Hall–Kier alpha value is -2.89. The van der Waals surface area contributed by atoms with Crippen molar-refractivity contribution in [1.29, 1.82) is 0 Å². The van der Waals surface area contributed by atoms with Gasteiger partial charge in [0.2, 0.25) is 5.91 Å². The van der Waals surface area contributed by atoms with Gasteiger partial charge in [-0.05, 0) is 23.3 Å². The second kappa shape index (κ2) is 9.74. The third-order valence-electron chi connectivity index (χ3n) is 5.50. The van der Waals surface area contributed by atoms with E-state index in [-0.39, 0.29) is 5.91 Å². The number of carbonyl (C=O) groups excluding carboxylic acids is 1. The van der Waals surface area contributed by atoms with Crippen LogP contribution in [0.15, 0.2) is 59.0 Å². The van der Waals surface area contributed by atoms with Crippen LogP contribution in [0.5, 0.6) is 0 Å². The molecule has 2 heterocycles. The van der Waals surface area contributed by atoms with E-state index >= 15 is 0 Å². The monoisotopic (exact) mass is 404 g/mol. The highest BCUT2D eigenvalue weighted by atomic mass is 16.5. The number of hydrogen-bond donors (Lipinski definition) is 1. The zero-order chi connectivity index (χ0) is 20.8. The van der Waals surface area contributed by atoms with Gasteiger partial charge in [-0.15, -0.1) is 0 Å². The van der Waals surface area contributed by atoms with Crippen molar-refractivity contribution in [2.45, 2.75) is 26.4 Å². The van der Waals surface area contributed by atoms with Crippen LogP contribution in [0.25, 0.3) is 17.0 Å². The molecule has 0 aliphatic carbocycles. The van der Waals surface area contributed by atoms with Crippen LogP contribution in [0.2, 0.25) is 0 Å². The first-order chi connectivity index (χ1) is 14.7. The van der Waals surface area contributed by atoms with Gasteiger partial charge in [0.15, 0.2) is 0 Å². The lowest BCUT2D eigenvalue weighted by Crippen LogP contribution is -2.36. The summed E-state index contributed by atoms with van der Waals surface area (Å²) < 4.78 is 11.3. The second-order valence-electron chi connectivity index (χ2n) is 7.50. The Balaban J connectivity index is 1.41. The zero-order valence-electron chi connectivity index (χ0n) is 17.4. The maximum atomic E-state index is 12.5. The number of morpholine rings is 1. The number of fused-ring (bicyclic) bond motifs is 1.